The molecule has 0 radical (unpaired) electrons. The van der Waals surface area contributed by atoms with Crippen LogP contribution >= 0.6 is 0 Å². The van der Waals surface area contributed by atoms with Gasteiger partial charge in [0.1, 0.15) is 13.2 Å². The van der Waals surface area contributed by atoms with Crippen LogP contribution in [0.5, 0.6) is 11.5 Å². The maximum absolute atomic E-state index is 6.08. The highest BCUT2D eigenvalue weighted by Crippen LogP contribution is 2.34. The van der Waals surface area contributed by atoms with Crippen molar-refractivity contribution in [2.45, 2.75) is 13.5 Å². The second-order valence-corrected chi connectivity index (χ2v) is 4.56. The first-order chi connectivity index (χ1) is 9.24. The molecule has 106 valence electrons. The number of ether oxygens (including phenoxy) is 3. The molecule has 1 aromatic carbocycles. The molecule has 0 aromatic heterocycles. The molecule has 1 aliphatic rings. The van der Waals surface area contributed by atoms with Crippen molar-refractivity contribution in [3.63, 3.8) is 0 Å². The van der Waals surface area contributed by atoms with Crippen molar-refractivity contribution in [1.29, 1.82) is 0 Å². The smallest absolute Gasteiger partial charge is 0.163 e. The molecule has 0 amide bonds. The average molecular weight is 266 g/mol. The van der Waals surface area contributed by atoms with Crippen LogP contribution in [0.15, 0.2) is 12.1 Å². The second-order valence-electron chi connectivity index (χ2n) is 4.56. The van der Waals surface area contributed by atoms with Crippen molar-refractivity contribution < 1.29 is 14.2 Å². The van der Waals surface area contributed by atoms with Gasteiger partial charge in [-0.05, 0) is 18.2 Å². The van der Waals surface area contributed by atoms with E-state index in [9.17, 15) is 0 Å². The predicted molar refractivity (Wildman–Crippen MR) is 74.7 cm³/mol. The third-order valence-corrected chi connectivity index (χ3v) is 3.26. The van der Waals surface area contributed by atoms with E-state index in [2.05, 4.69) is 11.8 Å². The Morgan fingerprint density at radius 2 is 1.95 bits per heavy atom. The first-order valence-electron chi connectivity index (χ1n) is 6.64. The Morgan fingerprint density at radius 1 is 1.26 bits per heavy atom. The molecule has 2 N–H and O–H groups in total. The van der Waals surface area contributed by atoms with Crippen LogP contribution in [0.1, 0.15) is 12.5 Å². The number of hydrogen-bond donors (Lipinski definition) is 1. The Labute approximate surface area is 114 Å². The third kappa shape index (κ3) is 3.52. The lowest BCUT2D eigenvalue weighted by Gasteiger charge is -2.24. The number of fused-ring (bicyclic) bond motifs is 1. The molecule has 0 unspecified atom stereocenters. The molecule has 0 saturated carbocycles. The Morgan fingerprint density at radius 3 is 2.58 bits per heavy atom. The number of rotatable bonds is 6. The van der Waals surface area contributed by atoms with Crippen molar-refractivity contribution in [1.82, 2.24) is 4.90 Å². The molecule has 5 heteroatoms. The Bertz CT molecular complexity index is 423. The Balaban J connectivity index is 2.10. The van der Waals surface area contributed by atoms with E-state index in [0.29, 0.717) is 13.2 Å². The fraction of sp³-hybridized carbons (Fsp3) is 0.571. The molecule has 0 fully saturated rings. The first-order valence-corrected chi connectivity index (χ1v) is 6.64. The van der Waals surface area contributed by atoms with Crippen LogP contribution in [-0.2, 0) is 11.3 Å². The zero-order valence-electron chi connectivity index (χ0n) is 11.6. The van der Waals surface area contributed by atoms with Crippen LogP contribution in [-0.4, -0.2) is 44.9 Å². The molecule has 2 rings (SSSR count). The number of benzene rings is 1. The second kappa shape index (κ2) is 6.63. The number of nitrogen functional groups attached to an aromatic ring is 1. The maximum Gasteiger partial charge on any atom is 0.163 e. The zero-order valence-corrected chi connectivity index (χ0v) is 11.6. The van der Waals surface area contributed by atoms with Gasteiger partial charge in [0.05, 0.1) is 6.61 Å². The molecule has 5 nitrogen and oxygen atoms in total. The van der Waals surface area contributed by atoms with Gasteiger partial charge in [0, 0.05) is 32.0 Å². The number of hydrogen-bond acceptors (Lipinski definition) is 5. The molecule has 19 heavy (non-hydrogen) atoms. The summed E-state index contributed by atoms with van der Waals surface area (Å²) >= 11 is 0. The van der Waals surface area contributed by atoms with Gasteiger partial charge < -0.3 is 19.9 Å². The molecule has 0 bridgehead atoms. The Kier molecular flexibility index (Phi) is 4.87. The summed E-state index contributed by atoms with van der Waals surface area (Å²) in [5.41, 5.74) is 7.90. The summed E-state index contributed by atoms with van der Waals surface area (Å²) in [4.78, 5) is 2.28. The van der Waals surface area contributed by atoms with Gasteiger partial charge in [-0.2, -0.15) is 0 Å². The molecule has 0 saturated heterocycles. The van der Waals surface area contributed by atoms with E-state index in [0.717, 1.165) is 49.0 Å². The van der Waals surface area contributed by atoms with Crippen LogP contribution in [0.2, 0.25) is 0 Å². The monoisotopic (exact) mass is 266 g/mol. The van der Waals surface area contributed by atoms with Gasteiger partial charge >= 0.3 is 0 Å². The van der Waals surface area contributed by atoms with Crippen molar-refractivity contribution in [3.8, 4) is 11.5 Å². The topological polar surface area (TPSA) is 57.0 Å². The largest absolute Gasteiger partial charge is 0.486 e. The van der Waals surface area contributed by atoms with Crippen LogP contribution in [0, 0.1) is 0 Å². The van der Waals surface area contributed by atoms with E-state index in [4.69, 9.17) is 19.9 Å². The molecule has 1 aliphatic heterocycles. The first kappa shape index (κ1) is 14.0. The van der Waals surface area contributed by atoms with E-state index < -0.39 is 0 Å². The van der Waals surface area contributed by atoms with Crippen LogP contribution < -0.4 is 15.2 Å². The molecule has 0 atom stereocenters. The van der Waals surface area contributed by atoms with E-state index in [1.165, 1.54) is 0 Å². The minimum absolute atomic E-state index is 0.584. The molecule has 0 spiro atoms. The van der Waals surface area contributed by atoms with Crippen LogP contribution in [0.3, 0.4) is 0 Å². The fourth-order valence-electron chi connectivity index (χ4n) is 2.09. The average Bonchev–Trinajstić information content (AvgIpc) is 2.43. The quantitative estimate of drug-likeness (QED) is 0.791. The summed E-state index contributed by atoms with van der Waals surface area (Å²) in [6.07, 6.45) is 0. The third-order valence-electron chi connectivity index (χ3n) is 3.26. The van der Waals surface area contributed by atoms with E-state index in [-0.39, 0.29) is 0 Å². The highest BCUT2D eigenvalue weighted by molar-refractivity contribution is 5.58. The molecular formula is C14H22N2O3. The fourth-order valence-corrected chi connectivity index (χ4v) is 2.09. The summed E-state index contributed by atoms with van der Waals surface area (Å²) in [5, 5.41) is 0. The predicted octanol–water partition coefficient (Wildman–Crippen LogP) is 1.51. The molecule has 1 heterocycles. The molecule has 0 aliphatic carbocycles. The summed E-state index contributed by atoms with van der Waals surface area (Å²) < 4.78 is 16.2. The highest BCUT2D eigenvalue weighted by Gasteiger charge is 2.15. The van der Waals surface area contributed by atoms with E-state index >= 15 is 0 Å². The number of methoxy groups -OCH3 is 1. The van der Waals surface area contributed by atoms with Gasteiger partial charge in [-0.25, -0.2) is 0 Å². The SMILES string of the molecule is CCN(CCOC)Cc1cc2c(cc1N)OCCO2. The standard InChI is InChI=1S/C14H22N2O3/c1-3-16(4-5-17-2)10-11-8-13-14(9-12(11)15)19-7-6-18-13/h8-9H,3-7,10,15H2,1-2H3. The van der Waals surface area contributed by atoms with Crippen molar-refractivity contribution in [3.05, 3.63) is 17.7 Å². The maximum atomic E-state index is 6.08. The lowest BCUT2D eigenvalue weighted by Crippen LogP contribution is -2.27. The number of nitrogens with two attached hydrogens (primary N) is 1. The van der Waals surface area contributed by atoms with Gasteiger partial charge in [-0.3, -0.25) is 4.90 Å². The summed E-state index contributed by atoms with van der Waals surface area (Å²) in [6, 6.07) is 3.84. The van der Waals surface area contributed by atoms with Gasteiger partial charge in [0.15, 0.2) is 11.5 Å². The lowest BCUT2D eigenvalue weighted by atomic mass is 10.1. The van der Waals surface area contributed by atoms with Gasteiger partial charge in [-0.15, -0.1) is 0 Å². The minimum atomic E-state index is 0.584. The summed E-state index contributed by atoms with van der Waals surface area (Å²) in [5.74, 6) is 1.53. The lowest BCUT2D eigenvalue weighted by molar-refractivity contribution is 0.147. The van der Waals surface area contributed by atoms with Crippen molar-refractivity contribution >= 4 is 5.69 Å². The normalized spacial score (nSPS) is 13.8. The zero-order chi connectivity index (χ0) is 13.7. The van der Waals surface area contributed by atoms with Crippen LogP contribution in [0.25, 0.3) is 0 Å². The van der Waals surface area contributed by atoms with Crippen LogP contribution in [0.4, 0.5) is 5.69 Å². The summed E-state index contributed by atoms with van der Waals surface area (Å²) in [6.45, 7) is 6.67. The van der Waals surface area contributed by atoms with Gasteiger partial charge in [0.2, 0.25) is 0 Å². The van der Waals surface area contributed by atoms with Gasteiger partial charge in [-0.1, -0.05) is 6.92 Å². The van der Waals surface area contributed by atoms with Crippen molar-refractivity contribution in [2.24, 2.45) is 0 Å². The number of anilines is 1. The molecule has 1 aromatic rings. The summed E-state index contributed by atoms with van der Waals surface area (Å²) in [7, 11) is 1.71. The van der Waals surface area contributed by atoms with E-state index in [1.807, 2.05) is 12.1 Å². The highest BCUT2D eigenvalue weighted by atomic mass is 16.6. The number of likely N-dealkylation sites (N-methyl/N-ethyl adjacent to an activating group) is 1. The Hall–Kier alpha value is -1.46. The number of nitrogens with zero attached hydrogens (tertiary/aromatic N) is 1. The van der Waals surface area contributed by atoms with Gasteiger partial charge in [0.25, 0.3) is 0 Å². The minimum Gasteiger partial charge on any atom is -0.486 e. The van der Waals surface area contributed by atoms with E-state index in [1.54, 1.807) is 7.11 Å². The van der Waals surface area contributed by atoms with Crippen molar-refractivity contribution in [2.75, 3.05) is 45.8 Å². The molecular weight excluding hydrogens is 244 g/mol.